The molecule has 1 aromatic rings. The van der Waals surface area contributed by atoms with Gasteiger partial charge < -0.3 is 15.4 Å². The molecule has 0 amide bonds. The number of halogens is 2. The number of hydrogen-bond acceptors (Lipinski definition) is 3. The minimum atomic E-state index is 0.532. The standard InChI is InChI=1S/C10H12Cl2N2O/c11-7-1-2-8(13)9(12)10(7)14-3-5-15-6-4-14/h1-2H,3-6,13H2. The number of nitrogen functional groups attached to an aromatic ring is 1. The Morgan fingerprint density at radius 3 is 2.53 bits per heavy atom. The van der Waals surface area contributed by atoms with Crippen LogP contribution in [0, 0.1) is 0 Å². The quantitative estimate of drug-likeness (QED) is 0.774. The number of benzene rings is 1. The van der Waals surface area contributed by atoms with Crippen molar-refractivity contribution >= 4 is 34.6 Å². The second kappa shape index (κ2) is 4.47. The van der Waals surface area contributed by atoms with Gasteiger partial charge in [0.25, 0.3) is 0 Å². The molecule has 0 spiro atoms. The molecule has 0 aromatic heterocycles. The van der Waals surface area contributed by atoms with Crippen LogP contribution in [0.2, 0.25) is 10.0 Å². The summed E-state index contributed by atoms with van der Waals surface area (Å²) in [5.74, 6) is 0. The molecule has 1 aliphatic heterocycles. The van der Waals surface area contributed by atoms with Crippen molar-refractivity contribution in [1.82, 2.24) is 0 Å². The van der Waals surface area contributed by atoms with Crippen molar-refractivity contribution < 1.29 is 4.74 Å². The lowest BCUT2D eigenvalue weighted by Crippen LogP contribution is -2.36. The molecule has 0 unspecified atom stereocenters. The summed E-state index contributed by atoms with van der Waals surface area (Å²) >= 11 is 12.3. The van der Waals surface area contributed by atoms with Crippen LogP contribution >= 0.6 is 23.2 Å². The fourth-order valence-corrected chi connectivity index (χ4v) is 2.24. The maximum absolute atomic E-state index is 6.14. The second-order valence-corrected chi connectivity index (χ2v) is 4.18. The number of rotatable bonds is 1. The third-order valence-corrected chi connectivity index (χ3v) is 3.13. The summed E-state index contributed by atoms with van der Waals surface area (Å²) < 4.78 is 5.27. The Bertz CT molecular complexity index is 365. The molecule has 1 aliphatic rings. The summed E-state index contributed by atoms with van der Waals surface area (Å²) in [5.41, 5.74) is 7.13. The van der Waals surface area contributed by atoms with E-state index in [0.717, 1.165) is 18.8 Å². The Labute approximate surface area is 98.7 Å². The van der Waals surface area contributed by atoms with Gasteiger partial charge >= 0.3 is 0 Å². The number of nitrogens with two attached hydrogens (primary N) is 1. The average molecular weight is 247 g/mol. The van der Waals surface area contributed by atoms with Gasteiger partial charge in [0.15, 0.2) is 0 Å². The van der Waals surface area contributed by atoms with E-state index in [4.69, 9.17) is 33.7 Å². The summed E-state index contributed by atoms with van der Waals surface area (Å²) in [7, 11) is 0. The molecule has 1 heterocycles. The molecule has 1 saturated heterocycles. The van der Waals surface area contributed by atoms with Gasteiger partial charge in [-0.1, -0.05) is 23.2 Å². The summed E-state index contributed by atoms with van der Waals surface area (Å²) in [6.07, 6.45) is 0. The fourth-order valence-electron chi connectivity index (χ4n) is 1.63. The molecule has 15 heavy (non-hydrogen) atoms. The summed E-state index contributed by atoms with van der Waals surface area (Å²) in [5, 5.41) is 1.17. The van der Waals surface area contributed by atoms with Crippen LogP contribution in [0.1, 0.15) is 0 Å². The zero-order valence-corrected chi connectivity index (χ0v) is 9.68. The smallest absolute Gasteiger partial charge is 0.0884 e. The lowest BCUT2D eigenvalue weighted by molar-refractivity contribution is 0.122. The van der Waals surface area contributed by atoms with Crippen molar-refractivity contribution in [2.45, 2.75) is 0 Å². The molecule has 82 valence electrons. The van der Waals surface area contributed by atoms with Crippen LogP contribution in [0.25, 0.3) is 0 Å². The predicted molar refractivity (Wildman–Crippen MR) is 63.9 cm³/mol. The zero-order chi connectivity index (χ0) is 10.8. The van der Waals surface area contributed by atoms with Gasteiger partial charge in [0.1, 0.15) is 0 Å². The first-order valence-electron chi connectivity index (χ1n) is 4.76. The van der Waals surface area contributed by atoms with Gasteiger partial charge in [-0.2, -0.15) is 0 Å². The van der Waals surface area contributed by atoms with Crippen molar-refractivity contribution in [2.24, 2.45) is 0 Å². The minimum Gasteiger partial charge on any atom is -0.397 e. The van der Waals surface area contributed by atoms with Crippen molar-refractivity contribution in [2.75, 3.05) is 36.9 Å². The zero-order valence-electron chi connectivity index (χ0n) is 8.17. The van der Waals surface area contributed by atoms with Crippen LogP contribution in [0.15, 0.2) is 12.1 Å². The lowest BCUT2D eigenvalue weighted by atomic mass is 10.2. The molecule has 0 radical (unpaired) electrons. The number of anilines is 2. The van der Waals surface area contributed by atoms with Gasteiger partial charge in [-0.15, -0.1) is 0 Å². The summed E-state index contributed by atoms with van der Waals surface area (Å²) in [6.45, 7) is 2.98. The molecule has 1 fully saturated rings. The highest BCUT2D eigenvalue weighted by atomic mass is 35.5. The maximum atomic E-state index is 6.14. The SMILES string of the molecule is Nc1ccc(Cl)c(N2CCOCC2)c1Cl. The van der Waals surface area contributed by atoms with Gasteiger partial charge in [0.05, 0.1) is 34.6 Å². The highest BCUT2D eigenvalue weighted by Gasteiger charge is 2.18. The number of nitrogens with zero attached hydrogens (tertiary/aromatic N) is 1. The van der Waals surface area contributed by atoms with Gasteiger partial charge in [0, 0.05) is 13.1 Å². The third kappa shape index (κ3) is 2.14. The van der Waals surface area contributed by atoms with Crippen LogP contribution in [0.5, 0.6) is 0 Å². The number of ether oxygens (including phenoxy) is 1. The molecule has 0 bridgehead atoms. The normalized spacial score (nSPS) is 16.8. The molecule has 0 atom stereocenters. The Balaban J connectivity index is 2.36. The Hall–Kier alpha value is -0.640. The van der Waals surface area contributed by atoms with E-state index in [1.807, 2.05) is 0 Å². The van der Waals surface area contributed by atoms with E-state index in [-0.39, 0.29) is 0 Å². The largest absolute Gasteiger partial charge is 0.397 e. The summed E-state index contributed by atoms with van der Waals surface area (Å²) in [4.78, 5) is 2.10. The minimum absolute atomic E-state index is 0.532. The topological polar surface area (TPSA) is 38.5 Å². The van der Waals surface area contributed by atoms with Crippen molar-refractivity contribution in [3.8, 4) is 0 Å². The summed E-state index contributed by atoms with van der Waals surface area (Å²) in [6, 6.07) is 3.49. The van der Waals surface area contributed by atoms with E-state index < -0.39 is 0 Å². The predicted octanol–water partition coefficient (Wildman–Crippen LogP) is 2.41. The van der Waals surface area contributed by atoms with Crippen LogP contribution in [-0.2, 0) is 4.74 Å². The van der Waals surface area contributed by atoms with Gasteiger partial charge in [0.2, 0.25) is 0 Å². The Kier molecular flexibility index (Phi) is 3.24. The highest BCUT2D eigenvalue weighted by molar-refractivity contribution is 6.40. The molecule has 3 nitrogen and oxygen atoms in total. The van der Waals surface area contributed by atoms with E-state index in [2.05, 4.69) is 4.90 Å². The van der Waals surface area contributed by atoms with Crippen LogP contribution < -0.4 is 10.6 Å². The van der Waals surface area contributed by atoms with Gasteiger partial charge in [-0.3, -0.25) is 0 Å². The molecule has 0 saturated carbocycles. The third-order valence-electron chi connectivity index (χ3n) is 2.42. The van der Waals surface area contributed by atoms with E-state index in [1.165, 1.54) is 0 Å². The van der Waals surface area contributed by atoms with Gasteiger partial charge in [-0.25, -0.2) is 0 Å². The molecule has 5 heteroatoms. The van der Waals surface area contributed by atoms with E-state index >= 15 is 0 Å². The molecule has 1 aromatic carbocycles. The first kappa shape index (κ1) is 10.9. The maximum Gasteiger partial charge on any atom is 0.0884 e. The average Bonchev–Trinajstić information content (AvgIpc) is 2.26. The lowest BCUT2D eigenvalue weighted by Gasteiger charge is -2.30. The van der Waals surface area contributed by atoms with E-state index in [1.54, 1.807) is 12.1 Å². The molecule has 0 aliphatic carbocycles. The van der Waals surface area contributed by atoms with Crippen molar-refractivity contribution in [3.63, 3.8) is 0 Å². The molecular weight excluding hydrogens is 235 g/mol. The van der Waals surface area contributed by atoms with E-state index in [0.29, 0.717) is 28.9 Å². The first-order valence-corrected chi connectivity index (χ1v) is 5.52. The van der Waals surface area contributed by atoms with Crippen LogP contribution in [-0.4, -0.2) is 26.3 Å². The van der Waals surface area contributed by atoms with Crippen LogP contribution in [0.3, 0.4) is 0 Å². The Morgan fingerprint density at radius 1 is 1.20 bits per heavy atom. The number of hydrogen-bond donors (Lipinski definition) is 1. The van der Waals surface area contributed by atoms with Crippen LogP contribution in [0.4, 0.5) is 11.4 Å². The number of morpholine rings is 1. The van der Waals surface area contributed by atoms with Crippen molar-refractivity contribution in [1.29, 1.82) is 0 Å². The monoisotopic (exact) mass is 246 g/mol. The first-order chi connectivity index (χ1) is 7.20. The van der Waals surface area contributed by atoms with E-state index in [9.17, 15) is 0 Å². The molecule has 2 N–H and O–H groups in total. The van der Waals surface area contributed by atoms with Crippen molar-refractivity contribution in [3.05, 3.63) is 22.2 Å². The fraction of sp³-hybridized carbons (Fsp3) is 0.400. The van der Waals surface area contributed by atoms with Gasteiger partial charge in [-0.05, 0) is 12.1 Å². The highest BCUT2D eigenvalue weighted by Crippen LogP contribution is 2.37. The Morgan fingerprint density at radius 2 is 1.87 bits per heavy atom. The second-order valence-electron chi connectivity index (χ2n) is 3.40. The molecule has 2 rings (SSSR count). The molecular formula is C10H12Cl2N2O.